The lowest BCUT2D eigenvalue weighted by atomic mass is 10.0. The summed E-state index contributed by atoms with van der Waals surface area (Å²) >= 11 is 1.62. The first-order valence-corrected chi connectivity index (χ1v) is 11.7. The zero-order valence-electron chi connectivity index (χ0n) is 17.7. The van der Waals surface area contributed by atoms with Crippen molar-refractivity contribution in [1.82, 2.24) is 10.2 Å². The molecule has 3 aromatic rings. The van der Waals surface area contributed by atoms with Crippen LogP contribution < -0.4 is 5.32 Å². The van der Waals surface area contributed by atoms with Gasteiger partial charge in [-0.3, -0.25) is 19.3 Å². The van der Waals surface area contributed by atoms with Crippen LogP contribution in [0.2, 0.25) is 0 Å². The third kappa shape index (κ3) is 4.04. The maximum absolute atomic E-state index is 13.9. The molecule has 0 bridgehead atoms. The smallest absolute Gasteiger partial charge is 0.262 e. The summed E-state index contributed by atoms with van der Waals surface area (Å²) in [5.74, 6) is -0.966. The minimum atomic E-state index is -1.02. The van der Waals surface area contributed by atoms with Gasteiger partial charge in [-0.05, 0) is 47.9 Å². The summed E-state index contributed by atoms with van der Waals surface area (Å²) in [7, 11) is 0. The number of amides is 3. The van der Waals surface area contributed by atoms with Crippen LogP contribution in [0.25, 0.3) is 0 Å². The van der Waals surface area contributed by atoms with E-state index < -0.39 is 29.8 Å². The van der Waals surface area contributed by atoms with Crippen LogP contribution in [0, 0.1) is 5.82 Å². The Morgan fingerprint density at radius 2 is 1.67 bits per heavy atom. The lowest BCUT2D eigenvalue weighted by molar-refractivity contribution is -0.125. The molecule has 0 saturated heterocycles. The largest absolute Gasteiger partial charge is 0.347 e. The van der Waals surface area contributed by atoms with Gasteiger partial charge >= 0.3 is 0 Å². The summed E-state index contributed by atoms with van der Waals surface area (Å²) in [6.45, 7) is 0. The molecular weight excluding hydrogens is 439 g/mol. The van der Waals surface area contributed by atoms with E-state index in [-0.39, 0.29) is 12.2 Å². The topological polar surface area (TPSA) is 66.5 Å². The van der Waals surface area contributed by atoms with Gasteiger partial charge in [-0.2, -0.15) is 0 Å². The molecule has 2 aliphatic heterocycles. The average molecular weight is 461 g/mol. The molecule has 7 heteroatoms. The molecule has 0 saturated carbocycles. The van der Waals surface area contributed by atoms with Crippen molar-refractivity contribution in [2.75, 3.05) is 5.75 Å². The Kier molecular flexibility index (Phi) is 5.72. The van der Waals surface area contributed by atoms with Crippen LogP contribution in [0.3, 0.4) is 0 Å². The van der Waals surface area contributed by atoms with Crippen molar-refractivity contribution in [2.24, 2.45) is 0 Å². The molecule has 3 amide bonds. The molecule has 1 unspecified atom stereocenters. The number of imide groups is 1. The molecule has 0 aliphatic carbocycles. The predicted octanol–water partition coefficient (Wildman–Crippen LogP) is 4.39. The SMILES string of the molecule is O=C(NC1CCSc2ccc(F)cc21)[C@H](Cc1ccccc1)N1C(=O)c2ccccc2C1=O. The van der Waals surface area contributed by atoms with E-state index in [1.54, 1.807) is 42.1 Å². The van der Waals surface area contributed by atoms with Gasteiger partial charge in [0, 0.05) is 17.1 Å². The maximum atomic E-state index is 13.9. The van der Waals surface area contributed by atoms with Gasteiger partial charge in [-0.25, -0.2) is 4.39 Å². The molecule has 5 nitrogen and oxygen atoms in total. The van der Waals surface area contributed by atoms with Crippen LogP contribution in [-0.4, -0.2) is 34.4 Å². The van der Waals surface area contributed by atoms with Gasteiger partial charge in [0.1, 0.15) is 11.9 Å². The Hall–Kier alpha value is -3.45. The third-order valence-corrected chi connectivity index (χ3v) is 7.16. The molecule has 0 radical (unpaired) electrons. The Morgan fingerprint density at radius 3 is 2.36 bits per heavy atom. The second kappa shape index (κ2) is 8.83. The highest BCUT2D eigenvalue weighted by Gasteiger charge is 2.43. The van der Waals surface area contributed by atoms with Crippen molar-refractivity contribution >= 4 is 29.5 Å². The average Bonchev–Trinajstić information content (AvgIpc) is 3.08. The van der Waals surface area contributed by atoms with Crippen LogP contribution in [0.5, 0.6) is 0 Å². The van der Waals surface area contributed by atoms with Crippen molar-refractivity contribution in [1.29, 1.82) is 0 Å². The Bertz CT molecular complexity index is 1210. The molecule has 2 atom stereocenters. The maximum Gasteiger partial charge on any atom is 0.262 e. The molecule has 5 rings (SSSR count). The summed E-state index contributed by atoms with van der Waals surface area (Å²) in [5.41, 5.74) is 2.16. The number of hydrogen-bond donors (Lipinski definition) is 1. The van der Waals surface area contributed by atoms with Gasteiger partial charge < -0.3 is 5.32 Å². The number of fused-ring (bicyclic) bond motifs is 2. The van der Waals surface area contributed by atoms with Crippen LogP contribution in [-0.2, 0) is 11.2 Å². The number of carbonyl (C=O) groups is 3. The van der Waals surface area contributed by atoms with E-state index in [9.17, 15) is 18.8 Å². The van der Waals surface area contributed by atoms with E-state index in [0.29, 0.717) is 17.5 Å². The van der Waals surface area contributed by atoms with Crippen LogP contribution in [0.4, 0.5) is 4.39 Å². The zero-order valence-corrected chi connectivity index (χ0v) is 18.5. The lowest BCUT2D eigenvalue weighted by Gasteiger charge is -2.30. The first-order chi connectivity index (χ1) is 16.0. The van der Waals surface area contributed by atoms with Gasteiger partial charge in [0.15, 0.2) is 0 Å². The van der Waals surface area contributed by atoms with Crippen LogP contribution in [0.15, 0.2) is 77.7 Å². The number of carbonyl (C=O) groups excluding carboxylic acids is 3. The minimum absolute atomic E-state index is 0.190. The standard InChI is InChI=1S/C26H21FN2O3S/c27-17-10-11-23-20(15-17)21(12-13-33-23)28-24(30)22(14-16-6-2-1-3-7-16)29-25(31)18-8-4-5-9-19(18)26(29)32/h1-11,15,21-22H,12-14H2,(H,28,30)/t21?,22-/m0/s1. The minimum Gasteiger partial charge on any atom is -0.347 e. The van der Waals surface area contributed by atoms with Crippen molar-refractivity contribution < 1.29 is 18.8 Å². The van der Waals surface area contributed by atoms with Gasteiger partial charge in [0.05, 0.1) is 17.2 Å². The van der Waals surface area contributed by atoms with Gasteiger partial charge in [-0.1, -0.05) is 42.5 Å². The van der Waals surface area contributed by atoms with Crippen molar-refractivity contribution in [3.05, 3.63) is 101 Å². The van der Waals surface area contributed by atoms with E-state index in [1.165, 1.54) is 12.1 Å². The summed E-state index contributed by atoms with van der Waals surface area (Å²) in [6, 6.07) is 19.1. The normalized spacial score (nSPS) is 18.0. The number of nitrogens with one attached hydrogen (secondary N) is 1. The summed E-state index contributed by atoms with van der Waals surface area (Å²) in [6.07, 6.45) is 0.822. The Morgan fingerprint density at radius 1 is 1.00 bits per heavy atom. The molecule has 3 aromatic carbocycles. The Balaban J connectivity index is 1.47. The number of thioether (sulfide) groups is 1. The summed E-state index contributed by atoms with van der Waals surface area (Å²) in [4.78, 5) is 41.9. The fraction of sp³-hybridized carbons (Fsp3) is 0.192. The summed E-state index contributed by atoms with van der Waals surface area (Å²) < 4.78 is 13.9. The molecule has 166 valence electrons. The van der Waals surface area contributed by atoms with E-state index in [1.807, 2.05) is 30.3 Å². The number of benzene rings is 3. The molecular formula is C26H21FN2O3S. The number of rotatable bonds is 5. The molecule has 0 aromatic heterocycles. The highest BCUT2D eigenvalue weighted by molar-refractivity contribution is 7.99. The van der Waals surface area contributed by atoms with Gasteiger partial charge in [-0.15, -0.1) is 11.8 Å². The lowest BCUT2D eigenvalue weighted by Crippen LogP contribution is -2.51. The molecule has 2 heterocycles. The third-order valence-electron chi connectivity index (χ3n) is 6.04. The first-order valence-electron chi connectivity index (χ1n) is 10.8. The van der Waals surface area contributed by atoms with Crippen LogP contribution >= 0.6 is 11.8 Å². The number of hydrogen-bond acceptors (Lipinski definition) is 4. The predicted molar refractivity (Wildman–Crippen MR) is 124 cm³/mol. The van der Waals surface area contributed by atoms with Gasteiger partial charge in [0.2, 0.25) is 5.91 Å². The van der Waals surface area contributed by atoms with E-state index in [0.717, 1.165) is 26.7 Å². The van der Waals surface area contributed by atoms with Crippen molar-refractivity contribution in [2.45, 2.75) is 29.8 Å². The van der Waals surface area contributed by atoms with Crippen molar-refractivity contribution in [3.8, 4) is 0 Å². The van der Waals surface area contributed by atoms with Crippen LogP contribution in [0.1, 0.15) is 44.3 Å². The molecule has 0 spiro atoms. The zero-order chi connectivity index (χ0) is 22.9. The monoisotopic (exact) mass is 460 g/mol. The van der Waals surface area contributed by atoms with Crippen molar-refractivity contribution in [3.63, 3.8) is 0 Å². The van der Waals surface area contributed by atoms with E-state index in [2.05, 4.69) is 5.32 Å². The molecule has 33 heavy (non-hydrogen) atoms. The van der Waals surface area contributed by atoms with E-state index >= 15 is 0 Å². The van der Waals surface area contributed by atoms with Gasteiger partial charge in [0.25, 0.3) is 11.8 Å². The fourth-order valence-electron chi connectivity index (χ4n) is 4.41. The fourth-order valence-corrected chi connectivity index (χ4v) is 5.52. The second-order valence-corrected chi connectivity index (χ2v) is 9.25. The molecule has 2 aliphatic rings. The van der Waals surface area contributed by atoms with E-state index in [4.69, 9.17) is 0 Å². The number of nitrogens with zero attached hydrogens (tertiary/aromatic N) is 1. The number of halogens is 1. The molecule has 0 fully saturated rings. The highest BCUT2D eigenvalue weighted by Crippen LogP contribution is 2.37. The second-order valence-electron chi connectivity index (χ2n) is 8.11. The highest BCUT2D eigenvalue weighted by atomic mass is 32.2. The summed E-state index contributed by atoms with van der Waals surface area (Å²) in [5, 5.41) is 3.00. The first kappa shape index (κ1) is 21.4. The molecule has 1 N–H and O–H groups in total. The Labute approximate surface area is 195 Å². The quantitative estimate of drug-likeness (QED) is 0.574.